The molecular weight excluding hydrogens is 424 g/mol. The normalized spacial score (nSPS) is 12.9. The summed E-state index contributed by atoms with van der Waals surface area (Å²) >= 11 is 0. The highest BCUT2D eigenvalue weighted by molar-refractivity contribution is 7.94. The van der Waals surface area contributed by atoms with Crippen LogP contribution in [0.1, 0.15) is 16.7 Å². The largest absolute Gasteiger partial charge is 0.372 e. The van der Waals surface area contributed by atoms with Crippen LogP contribution in [-0.4, -0.2) is 31.6 Å². The maximum atomic E-state index is 13.9. The summed E-state index contributed by atoms with van der Waals surface area (Å²) in [5.41, 5.74) is 3.32. The van der Waals surface area contributed by atoms with Crippen molar-refractivity contribution in [1.29, 1.82) is 0 Å². The number of halogens is 2. The van der Waals surface area contributed by atoms with Gasteiger partial charge in [-0.2, -0.15) is 4.98 Å². The number of hydrogen-bond donors (Lipinski definition) is 2. The molecule has 0 saturated carbocycles. The van der Waals surface area contributed by atoms with Crippen LogP contribution in [0.15, 0.2) is 57.9 Å². The topological polar surface area (TPSA) is 96.3 Å². The van der Waals surface area contributed by atoms with Crippen LogP contribution in [0.3, 0.4) is 0 Å². The minimum absolute atomic E-state index is 0.309. The number of nitrogens with one attached hydrogen (secondary N) is 2. The van der Waals surface area contributed by atoms with Gasteiger partial charge in [-0.05, 0) is 41.5 Å². The van der Waals surface area contributed by atoms with Gasteiger partial charge in [0.05, 0.1) is 6.54 Å². The van der Waals surface area contributed by atoms with Crippen LogP contribution in [0.5, 0.6) is 0 Å². The molecule has 2 N–H and O–H groups in total. The van der Waals surface area contributed by atoms with Crippen LogP contribution >= 0.6 is 0 Å². The number of aliphatic imine (C=N–C) groups is 1. The zero-order chi connectivity index (χ0) is 22.0. The van der Waals surface area contributed by atoms with Crippen LogP contribution in [0.4, 0.5) is 26.2 Å². The van der Waals surface area contributed by atoms with E-state index in [0.717, 1.165) is 34.4 Å². The smallest absolute Gasteiger partial charge is 0.229 e. The molecule has 0 saturated heterocycles. The number of anilines is 3. The third-order valence-corrected chi connectivity index (χ3v) is 6.01. The monoisotopic (exact) mass is 441 g/mol. The predicted octanol–water partition coefficient (Wildman–Crippen LogP) is 3.92. The highest BCUT2D eigenvalue weighted by atomic mass is 32.2. The van der Waals surface area contributed by atoms with Gasteiger partial charge in [0.15, 0.2) is 0 Å². The molecular formula is C21H17F2N5O2S. The number of nitrogens with zero attached hydrogens (tertiary/aromatic N) is 3. The van der Waals surface area contributed by atoms with Gasteiger partial charge >= 0.3 is 0 Å². The molecule has 4 rings (SSSR count). The highest BCUT2D eigenvalue weighted by Crippen LogP contribution is 2.24. The van der Waals surface area contributed by atoms with Crippen molar-refractivity contribution in [2.24, 2.45) is 4.99 Å². The molecule has 0 unspecified atom stereocenters. The second kappa shape index (κ2) is 8.23. The lowest BCUT2D eigenvalue weighted by atomic mass is 10.1. The number of benzene rings is 2. The first kappa shape index (κ1) is 20.6. The van der Waals surface area contributed by atoms with E-state index in [0.29, 0.717) is 29.9 Å². The van der Waals surface area contributed by atoms with Crippen molar-refractivity contribution in [3.8, 4) is 0 Å². The van der Waals surface area contributed by atoms with E-state index in [1.54, 1.807) is 13.3 Å². The summed E-state index contributed by atoms with van der Waals surface area (Å²) in [5.74, 6) is -1.34. The van der Waals surface area contributed by atoms with Gasteiger partial charge in [-0.25, -0.2) is 22.2 Å². The summed E-state index contributed by atoms with van der Waals surface area (Å²) in [6, 6.07) is 8.10. The Labute approximate surface area is 177 Å². The van der Waals surface area contributed by atoms with Crippen LogP contribution in [-0.2, 0) is 16.4 Å². The summed E-state index contributed by atoms with van der Waals surface area (Å²) in [7, 11) is -2.50. The van der Waals surface area contributed by atoms with Gasteiger partial charge in [0.25, 0.3) is 0 Å². The van der Waals surface area contributed by atoms with Gasteiger partial charge in [-0.1, -0.05) is 6.07 Å². The average molecular weight is 441 g/mol. The van der Waals surface area contributed by atoms with Gasteiger partial charge < -0.3 is 10.6 Å². The molecule has 0 atom stereocenters. The molecule has 0 aliphatic carbocycles. The number of rotatable bonds is 6. The zero-order valence-electron chi connectivity index (χ0n) is 16.3. The number of sulfone groups is 1. The van der Waals surface area contributed by atoms with E-state index in [4.69, 9.17) is 0 Å². The molecule has 0 fully saturated rings. The SMILES string of the molecule is CNc1nc(Nc2ccc3c(c2)C=NC3)ncc1/C=C/S(=O)(=O)c1ccc(F)cc1F. The third-order valence-electron chi connectivity index (χ3n) is 4.58. The average Bonchev–Trinajstić information content (AvgIpc) is 3.20. The molecule has 1 aliphatic rings. The Kier molecular flexibility index (Phi) is 5.47. The Morgan fingerprint density at radius 2 is 1.97 bits per heavy atom. The van der Waals surface area contributed by atoms with E-state index < -0.39 is 26.4 Å². The molecule has 3 aromatic rings. The van der Waals surface area contributed by atoms with Crippen LogP contribution < -0.4 is 10.6 Å². The summed E-state index contributed by atoms with van der Waals surface area (Å²) in [4.78, 5) is 12.2. The number of hydrogen-bond acceptors (Lipinski definition) is 7. The van der Waals surface area contributed by atoms with Crippen LogP contribution in [0.2, 0.25) is 0 Å². The Morgan fingerprint density at radius 1 is 1.13 bits per heavy atom. The molecule has 1 aliphatic heterocycles. The second-order valence-corrected chi connectivity index (χ2v) is 8.48. The molecule has 0 radical (unpaired) electrons. The van der Waals surface area contributed by atoms with Gasteiger partial charge in [-0.15, -0.1) is 0 Å². The Morgan fingerprint density at radius 3 is 2.74 bits per heavy atom. The van der Waals surface area contributed by atoms with E-state index in [-0.39, 0.29) is 0 Å². The van der Waals surface area contributed by atoms with E-state index in [9.17, 15) is 17.2 Å². The molecule has 0 bridgehead atoms. The van der Waals surface area contributed by atoms with Crippen LogP contribution in [0, 0.1) is 11.6 Å². The third kappa shape index (κ3) is 4.43. The Bertz CT molecular complexity index is 1320. The van der Waals surface area contributed by atoms with Crippen molar-refractivity contribution >= 4 is 39.6 Å². The van der Waals surface area contributed by atoms with Crippen molar-refractivity contribution in [3.63, 3.8) is 0 Å². The quantitative estimate of drug-likeness (QED) is 0.563. The standard InChI is InChI=1S/C21H17F2N5O2S/c1-24-20-14(6-7-31(29,30)19-5-3-16(22)9-18(19)23)12-26-21(28-20)27-17-4-2-13-10-25-11-15(13)8-17/h2-9,11-12H,10H2,1H3,(H2,24,26,27,28)/b7-6+. The minimum atomic E-state index is -4.13. The summed E-state index contributed by atoms with van der Waals surface area (Å²) in [5, 5.41) is 6.80. The number of fused-ring (bicyclic) bond motifs is 1. The predicted molar refractivity (Wildman–Crippen MR) is 115 cm³/mol. The molecule has 1 aromatic heterocycles. The first-order valence-electron chi connectivity index (χ1n) is 9.18. The lowest BCUT2D eigenvalue weighted by Crippen LogP contribution is -2.04. The molecule has 2 aromatic carbocycles. The molecule has 158 valence electrons. The first-order chi connectivity index (χ1) is 14.9. The van der Waals surface area contributed by atoms with E-state index in [1.165, 1.54) is 12.3 Å². The van der Waals surface area contributed by atoms with Crippen molar-refractivity contribution in [3.05, 3.63) is 76.3 Å². The second-order valence-electron chi connectivity index (χ2n) is 6.68. The fourth-order valence-corrected chi connectivity index (χ4v) is 4.08. The minimum Gasteiger partial charge on any atom is -0.372 e. The first-order valence-corrected chi connectivity index (χ1v) is 10.7. The molecule has 0 spiro atoms. The van der Waals surface area contributed by atoms with Gasteiger partial charge in [0, 0.05) is 42.2 Å². The molecule has 31 heavy (non-hydrogen) atoms. The van der Waals surface area contributed by atoms with Gasteiger partial charge in [-0.3, -0.25) is 4.99 Å². The van der Waals surface area contributed by atoms with Crippen molar-refractivity contribution in [2.75, 3.05) is 17.7 Å². The van der Waals surface area contributed by atoms with Gasteiger partial charge in [0.1, 0.15) is 22.3 Å². The molecule has 7 nitrogen and oxygen atoms in total. The fourth-order valence-electron chi connectivity index (χ4n) is 3.02. The Balaban J connectivity index is 1.57. The van der Waals surface area contributed by atoms with Crippen molar-refractivity contribution in [1.82, 2.24) is 9.97 Å². The maximum Gasteiger partial charge on any atom is 0.229 e. The lowest BCUT2D eigenvalue weighted by molar-refractivity contribution is 0.552. The van der Waals surface area contributed by atoms with Crippen molar-refractivity contribution in [2.45, 2.75) is 11.4 Å². The molecule has 2 heterocycles. The van der Waals surface area contributed by atoms with Crippen LogP contribution in [0.25, 0.3) is 6.08 Å². The fraction of sp³-hybridized carbons (Fsp3) is 0.0952. The lowest BCUT2D eigenvalue weighted by Gasteiger charge is -2.10. The van der Waals surface area contributed by atoms with E-state index in [2.05, 4.69) is 25.6 Å². The Hall–Kier alpha value is -3.66. The zero-order valence-corrected chi connectivity index (χ0v) is 17.1. The number of aromatic nitrogens is 2. The molecule has 0 amide bonds. The summed E-state index contributed by atoms with van der Waals surface area (Å²) in [6.45, 7) is 0.668. The van der Waals surface area contributed by atoms with E-state index >= 15 is 0 Å². The summed E-state index contributed by atoms with van der Waals surface area (Å²) < 4.78 is 51.7. The highest BCUT2D eigenvalue weighted by Gasteiger charge is 2.17. The maximum absolute atomic E-state index is 13.9. The van der Waals surface area contributed by atoms with Gasteiger partial charge in [0.2, 0.25) is 15.8 Å². The van der Waals surface area contributed by atoms with Crippen molar-refractivity contribution < 1.29 is 17.2 Å². The molecule has 10 heteroatoms. The summed E-state index contributed by atoms with van der Waals surface area (Å²) in [6.07, 6.45) is 4.49. The van der Waals surface area contributed by atoms with E-state index in [1.807, 2.05) is 18.2 Å².